The first-order valence-corrected chi connectivity index (χ1v) is 14.2. The molecule has 9 nitrogen and oxygen atoms in total. The van der Waals surface area contributed by atoms with E-state index >= 15 is 0 Å². The summed E-state index contributed by atoms with van der Waals surface area (Å²) in [5.74, 6) is -4.39. The first-order chi connectivity index (χ1) is 19.9. The molecular formula is C30H37BF2N4O5. The highest BCUT2D eigenvalue weighted by molar-refractivity contribution is 6.43. The molecule has 0 aliphatic carbocycles. The van der Waals surface area contributed by atoms with Crippen LogP contribution in [0.15, 0.2) is 54.1 Å². The second-order valence-electron chi connectivity index (χ2n) is 11.6. The number of nitrogens with one attached hydrogen (secondary N) is 1. The summed E-state index contributed by atoms with van der Waals surface area (Å²) in [6, 6.07) is 14.8. The molecule has 0 spiro atoms. The smallest absolute Gasteiger partial charge is 0.447 e. The Balaban J connectivity index is 1.39. The van der Waals surface area contributed by atoms with Crippen molar-refractivity contribution < 1.29 is 33.2 Å². The molecule has 4 rings (SSSR count). The third kappa shape index (κ3) is 7.65. The number of fused-ring (bicyclic) bond motifs is 1. The van der Waals surface area contributed by atoms with E-state index in [9.17, 15) is 33.7 Å². The van der Waals surface area contributed by atoms with Crippen LogP contribution in [-0.4, -0.2) is 88.7 Å². The molecule has 2 fully saturated rings. The topological polar surface area (TPSA) is 126 Å². The normalized spacial score (nSPS) is 20.2. The van der Waals surface area contributed by atoms with Crippen LogP contribution in [0.1, 0.15) is 45.1 Å². The van der Waals surface area contributed by atoms with E-state index in [-0.39, 0.29) is 31.6 Å². The van der Waals surface area contributed by atoms with Crippen molar-refractivity contribution in [3.63, 3.8) is 0 Å². The number of rotatable bonds is 9. The van der Waals surface area contributed by atoms with Gasteiger partial charge in [-0.1, -0.05) is 42.5 Å². The molecule has 2 aliphatic heterocycles. The van der Waals surface area contributed by atoms with Crippen LogP contribution in [0.4, 0.5) is 13.6 Å². The van der Waals surface area contributed by atoms with Crippen molar-refractivity contribution in [2.24, 2.45) is 0 Å². The van der Waals surface area contributed by atoms with Crippen molar-refractivity contribution in [3.05, 3.63) is 59.7 Å². The number of nitriles is 1. The summed E-state index contributed by atoms with van der Waals surface area (Å²) in [5, 5.41) is 34.2. The Kier molecular flexibility index (Phi) is 9.87. The lowest BCUT2D eigenvalue weighted by Gasteiger charge is -2.36. The quantitative estimate of drug-likeness (QED) is 0.235. The van der Waals surface area contributed by atoms with Gasteiger partial charge in [-0.15, -0.1) is 0 Å². The highest BCUT2D eigenvalue weighted by Crippen LogP contribution is 2.33. The van der Waals surface area contributed by atoms with Crippen LogP contribution in [-0.2, 0) is 16.0 Å². The van der Waals surface area contributed by atoms with E-state index in [1.807, 2.05) is 48.5 Å². The highest BCUT2D eigenvalue weighted by atomic mass is 19.3. The maximum atomic E-state index is 13.8. The van der Waals surface area contributed by atoms with Gasteiger partial charge in [0, 0.05) is 25.0 Å². The molecule has 2 saturated heterocycles. The molecule has 224 valence electrons. The number of piperidine rings is 1. The Morgan fingerprint density at radius 2 is 1.95 bits per heavy atom. The van der Waals surface area contributed by atoms with Crippen LogP contribution < -0.4 is 5.32 Å². The predicted octanol–water partition coefficient (Wildman–Crippen LogP) is 3.44. The number of carbonyl (C=O) groups excluding carboxylic acids is 2. The summed E-state index contributed by atoms with van der Waals surface area (Å²) in [6.45, 7) is 3.32. The highest BCUT2D eigenvalue weighted by Gasteiger charge is 2.43. The van der Waals surface area contributed by atoms with Crippen molar-refractivity contribution >= 4 is 29.9 Å². The maximum Gasteiger partial charge on any atom is 0.475 e. The first kappa shape index (κ1) is 31.4. The summed E-state index contributed by atoms with van der Waals surface area (Å²) < 4.78 is 33.1. The molecule has 0 saturated carbocycles. The zero-order valence-corrected chi connectivity index (χ0v) is 23.9. The molecule has 3 N–H and O–H groups in total. The van der Waals surface area contributed by atoms with E-state index in [4.69, 9.17) is 4.74 Å². The third-order valence-electron chi connectivity index (χ3n) is 8.11. The standard InChI is InChI=1S/C30H37BF2N4O5/c1-29(2,36-15-13-30(32,33)20-36)17-23(18-34)27(38)37-14-6-5-11-24(37)19-42-28(39)35-26(31(40)41)16-22-10-7-9-21-8-3-4-12-25(21)22/h3-4,7-10,12,17,24,26,40-41H,5-6,11,13-16,19-20H2,1-2H3,(H,35,39)/b23-17+/t24-,26+/m1/s1. The molecule has 2 aliphatic rings. The third-order valence-corrected chi connectivity index (χ3v) is 8.11. The number of halogens is 2. The second-order valence-corrected chi connectivity index (χ2v) is 11.6. The Bertz CT molecular complexity index is 1360. The Morgan fingerprint density at radius 3 is 2.64 bits per heavy atom. The van der Waals surface area contributed by atoms with Gasteiger partial charge in [-0.2, -0.15) is 5.26 Å². The molecule has 2 atom stereocenters. The molecule has 0 unspecified atom stereocenters. The van der Waals surface area contributed by atoms with Crippen LogP contribution in [0.2, 0.25) is 0 Å². The van der Waals surface area contributed by atoms with Crippen LogP contribution in [0.25, 0.3) is 10.8 Å². The lowest BCUT2D eigenvalue weighted by atomic mass is 9.75. The van der Waals surface area contributed by atoms with Crippen molar-refractivity contribution in [1.29, 1.82) is 5.26 Å². The summed E-state index contributed by atoms with van der Waals surface area (Å²) in [4.78, 5) is 29.2. The number of likely N-dealkylation sites (tertiary alicyclic amines) is 2. The number of hydrogen-bond acceptors (Lipinski definition) is 7. The Hall–Kier alpha value is -3.53. The fraction of sp³-hybridized carbons (Fsp3) is 0.500. The number of amides is 2. The van der Waals surface area contributed by atoms with Crippen LogP contribution >= 0.6 is 0 Å². The maximum absolute atomic E-state index is 13.8. The molecule has 2 amide bonds. The fourth-order valence-corrected chi connectivity index (χ4v) is 5.71. The van der Waals surface area contributed by atoms with E-state index < -0.39 is 49.1 Å². The zero-order chi connectivity index (χ0) is 30.5. The van der Waals surface area contributed by atoms with Gasteiger partial charge in [0.05, 0.1) is 18.5 Å². The number of carbonyl (C=O) groups is 2. The van der Waals surface area contributed by atoms with E-state index in [0.29, 0.717) is 19.4 Å². The van der Waals surface area contributed by atoms with E-state index in [2.05, 4.69) is 5.32 Å². The number of benzene rings is 2. The largest absolute Gasteiger partial charge is 0.475 e. The number of alkyl halides is 2. The number of alkyl carbamates (subject to hydrolysis) is 1. The average molecular weight is 582 g/mol. The number of hydrogen-bond donors (Lipinski definition) is 3. The van der Waals surface area contributed by atoms with Crippen molar-refractivity contribution in [1.82, 2.24) is 15.1 Å². The molecule has 0 radical (unpaired) electrons. The van der Waals surface area contributed by atoms with Crippen molar-refractivity contribution in [2.45, 2.75) is 69.4 Å². The average Bonchev–Trinajstić information content (AvgIpc) is 3.34. The minimum Gasteiger partial charge on any atom is -0.447 e. The second kappa shape index (κ2) is 13.2. The van der Waals surface area contributed by atoms with Gasteiger partial charge in [0.25, 0.3) is 11.8 Å². The van der Waals surface area contributed by atoms with E-state index in [0.717, 1.165) is 22.8 Å². The molecule has 2 heterocycles. The minimum atomic E-state index is -2.81. The first-order valence-electron chi connectivity index (χ1n) is 14.2. The van der Waals surface area contributed by atoms with E-state index in [1.54, 1.807) is 18.7 Å². The monoisotopic (exact) mass is 582 g/mol. The van der Waals surface area contributed by atoms with Gasteiger partial charge >= 0.3 is 13.2 Å². The van der Waals surface area contributed by atoms with Gasteiger partial charge in [0.2, 0.25) is 0 Å². The number of nitrogens with zero attached hydrogens (tertiary/aromatic N) is 3. The van der Waals surface area contributed by atoms with Crippen LogP contribution in [0.3, 0.4) is 0 Å². The molecule has 2 aromatic carbocycles. The predicted molar refractivity (Wildman–Crippen MR) is 154 cm³/mol. The summed E-state index contributed by atoms with van der Waals surface area (Å²) in [6.07, 6.45) is 2.49. The van der Waals surface area contributed by atoms with Gasteiger partial charge in [-0.25, -0.2) is 13.6 Å². The minimum absolute atomic E-state index is 0.148. The molecule has 12 heteroatoms. The van der Waals surface area contributed by atoms with Crippen LogP contribution in [0.5, 0.6) is 0 Å². The Labute approximate surface area is 244 Å². The van der Waals surface area contributed by atoms with Gasteiger partial charge in [0.15, 0.2) is 0 Å². The fourth-order valence-electron chi connectivity index (χ4n) is 5.71. The van der Waals surface area contributed by atoms with Gasteiger partial charge in [-0.05, 0) is 61.9 Å². The van der Waals surface area contributed by atoms with Gasteiger partial charge in [0.1, 0.15) is 18.2 Å². The van der Waals surface area contributed by atoms with Gasteiger partial charge in [-0.3, -0.25) is 9.69 Å². The van der Waals surface area contributed by atoms with Crippen molar-refractivity contribution in [3.8, 4) is 6.07 Å². The van der Waals surface area contributed by atoms with Crippen molar-refractivity contribution in [2.75, 3.05) is 26.2 Å². The lowest BCUT2D eigenvalue weighted by molar-refractivity contribution is -0.131. The molecule has 42 heavy (non-hydrogen) atoms. The van der Waals surface area contributed by atoms with Gasteiger partial charge < -0.3 is 25.0 Å². The molecular weight excluding hydrogens is 545 g/mol. The zero-order valence-electron chi connectivity index (χ0n) is 23.9. The SMILES string of the molecule is CC(C)(/C=C(\C#N)C(=O)N1CCCC[C@@H]1COC(=O)N[C@@H](Cc1cccc2ccccc12)B(O)O)N1CCC(F)(F)C1. The van der Waals surface area contributed by atoms with Crippen LogP contribution in [0, 0.1) is 11.3 Å². The summed E-state index contributed by atoms with van der Waals surface area (Å²) in [5.41, 5.74) is -0.260. The molecule has 0 bridgehead atoms. The summed E-state index contributed by atoms with van der Waals surface area (Å²) >= 11 is 0. The lowest BCUT2D eigenvalue weighted by Crippen LogP contribution is -2.50. The number of ether oxygens (including phenoxy) is 1. The summed E-state index contributed by atoms with van der Waals surface area (Å²) in [7, 11) is -1.84. The molecule has 0 aromatic heterocycles. The molecule has 2 aromatic rings. The Morgan fingerprint density at radius 1 is 1.21 bits per heavy atom. The van der Waals surface area contributed by atoms with E-state index in [1.165, 1.54) is 11.0 Å².